The van der Waals surface area contributed by atoms with Crippen molar-refractivity contribution in [3.05, 3.63) is 29.8 Å². The van der Waals surface area contributed by atoms with Crippen LogP contribution in [0.15, 0.2) is 24.3 Å². The largest absolute Gasteiger partial charge is 0.497 e. The molecule has 0 aliphatic heterocycles. The van der Waals surface area contributed by atoms with Crippen molar-refractivity contribution in [1.82, 2.24) is 4.90 Å². The van der Waals surface area contributed by atoms with Gasteiger partial charge in [0.25, 0.3) is 0 Å². The molecule has 0 heterocycles. The van der Waals surface area contributed by atoms with Gasteiger partial charge in [0.05, 0.1) is 13.2 Å². The molecule has 0 N–H and O–H groups in total. The zero-order valence-electron chi connectivity index (χ0n) is 12.6. The molecule has 1 unspecified atom stereocenters. The van der Waals surface area contributed by atoms with Crippen molar-refractivity contribution in [2.24, 2.45) is 5.92 Å². The molecule has 0 fully saturated rings. The minimum absolute atomic E-state index is 0.0885. The highest BCUT2D eigenvalue weighted by Crippen LogP contribution is 2.22. The summed E-state index contributed by atoms with van der Waals surface area (Å²) in [5, 5.41) is 0. The summed E-state index contributed by atoms with van der Waals surface area (Å²) in [6.07, 6.45) is 1.56. The van der Waals surface area contributed by atoms with E-state index in [0.717, 1.165) is 17.7 Å². The molecule has 3 heteroatoms. The first-order valence-corrected chi connectivity index (χ1v) is 6.85. The molecule has 1 amide bonds. The van der Waals surface area contributed by atoms with Crippen LogP contribution in [-0.4, -0.2) is 25.0 Å². The second-order valence-electron chi connectivity index (χ2n) is 5.39. The number of nitrogens with zero attached hydrogens (tertiary/aromatic N) is 1. The van der Waals surface area contributed by atoms with E-state index in [1.807, 2.05) is 36.2 Å². The van der Waals surface area contributed by atoms with Gasteiger partial charge >= 0.3 is 0 Å². The Kier molecular flexibility index (Phi) is 5.87. The van der Waals surface area contributed by atoms with E-state index in [-0.39, 0.29) is 11.9 Å². The van der Waals surface area contributed by atoms with E-state index in [1.165, 1.54) is 0 Å². The average Bonchev–Trinajstić information content (AvgIpc) is 2.43. The van der Waals surface area contributed by atoms with Crippen molar-refractivity contribution in [2.75, 3.05) is 14.2 Å². The predicted octanol–water partition coefficient (Wildman–Crippen LogP) is 3.65. The Labute approximate surface area is 116 Å². The molecule has 1 aromatic rings. The molecule has 3 nitrogen and oxygen atoms in total. The lowest BCUT2D eigenvalue weighted by Gasteiger charge is -2.26. The van der Waals surface area contributed by atoms with Gasteiger partial charge in [0.1, 0.15) is 5.75 Å². The first-order chi connectivity index (χ1) is 8.95. The SMILES string of the molecule is COc1ccc(C(C)N(C)C(=O)CCC(C)C)cc1. The quantitative estimate of drug-likeness (QED) is 0.784. The fraction of sp³-hybridized carbons (Fsp3) is 0.562. The van der Waals surface area contributed by atoms with Crippen molar-refractivity contribution >= 4 is 5.91 Å². The van der Waals surface area contributed by atoms with E-state index in [9.17, 15) is 4.79 Å². The van der Waals surface area contributed by atoms with Crippen molar-refractivity contribution in [3.8, 4) is 5.75 Å². The summed E-state index contributed by atoms with van der Waals surface area (Å²) in [6, 6.07) is 7.97. The number of carbonyl (C=O) groups is 1. The fourth-order valence-corrected chi connectivity index (χ4v) is 1.91. The predicted molar refractivity (Wildman–Crippen MR) is 78.3 cm³/mol. The summed E-state index contributed by atoms with van der Waals surface area (Å²) in [5.74, 6) is 1.61. The maximum atomic E-state index is 12.1. The van der Waals surface area contributed by atoms with Crippen LogP contribution < -0.4 is 4.74 Å². The fourth-order valence-electron chi connectivity index (χ4n) is 1.91. The average molecular weight is 263 g/mol. The normalized spacial score (nSPS) is 12.3. The molecule has 0 saturated carbocycles. The molecule has 1 aromatic carbocycles. The molecule has 0 bridgehead atoms. The number of carbonyl (C=O) groups excluding carboxylic acids is 1. The van der Waals surface area contributed by atoms with Gasteiger partial charge in [0, 0.05) is 13.5 Å². The summed E-state index contributed by atoms with van der Waals surface area (Å²) in [6.45, 7) is 6.33. The molecule has 0 aromatic heterocycles. The molecule has 0 saturated heterocycles. The first kappa shape index (κ1) is 15.5. The van der Waals surface area contributed by atoms with E-state index >= 15 is 0 Å². The van der Waals surface area contributed by atoms with Gasteiger partial charge in [-0.15, -0.1) is 0 Å². The Morgan fingerprint density at radius 1 is 1.21 bits per heavy atom. The van der Waals surface area contributed by atoms with E-state index in [0.29, 0.717) is 12.3 Å². The highest BCUT2D eigenvalue weighted by atomic mass is 16.5. The molecule has 1 rings (SSSR count). The zero-order valence-corrected chi connectivity index (χ0v) is 12.6. The second-order valence-corrected chi connectivity index (χ2v) is 5.39. The van der Waals surface area contributed by atoms with Gasteiger partial charge in [-0.2, -0.15) is 0 Å². The Morgan fingerprint density at radius 2 is 1.79 bits per heavy atom. The standard InChI is InChI=1S/C16H25NO2/c1-12(2)6-11-16(18)17(4)13(3)14-7-9-15(19-5)10-8-14/h7-10,12-13H,6,11H2,1-5H3. The minimum atomic E-state index is 0.0885. The minimum Gasteiger partial charge on any atom is -0.497 e. The summed E-state index contributed by atoms with van der Waals surface area (Å²) in [7, 11) is 3.53. The van der Waals surface area contributed by atoms with Crippen LogP contribution in [0.2, 0.25) is 0 Å². The van der Waals surface area contributed by atoms with Gasteiger partial charge in [-0.3, -0.25) is 4.79 Å². The molecule has 106 valence electrons. The Bertz CT molecular complexity index is 398. The van der Waals surface area contributed by atoms with Gasteiger partial charge < -0.3 is 9.64 Å². The number of ether oxygens (including phenoxy) is 1. The molecule has 19 heavy (non-hydrogen) atoms. The lowest BCUT2D eigenvalue weighted by Crippen LogP contribution is -2.29. The third kappa shape index (κ3) is 4.58. The number of benzene rings is 1. The lowest BCUT2D eigenvalue weighted by atomic mass is 10.0. The van der Waals surface area contributed by atoms with Gasteiger partial charge in [-0.25, -0.2) is 0 Å². The molecule has 0 aliphatic carbocycles. The van der Waals surface area contributed by atoms with Gasteiger partial charge in [0.2, 0.25) is 5.91 Å². The molecule has 0 aliphatic rings. The monoisotopic (exact) mass is 263 g/mol. The number of methoxy groups -OCH3 is 1. The molecular weight excluding hydrogens is 238 g/mol. The topological polar surface area (TPSA) is 29.5 Å². The van der Waals surface area contributed by atoms with Crippen LogP contribution >= 0.6 is 0 Å². The number of hydrogen-bond acceptors (Lipinski definition) is 2. The van der Waals surface area contributed by atoms with E-state index < -0.39 is 0 Å². The van der Waals surface area contributed by atoms with Crippen molar-refractivity contribution < 1.29 is 9.53 Å². The summed E-state index contributed by atoms with van der Waals surface area (Å²) < 4.78 is 5.14. The van der Waals surface area contributed by atoms with Crippen LogP contribution in [0.5, 0.6) is 5.75 Å². The van der Waals surface area contributed by atoms with Crippen molar-refractivity contribution in [3.63, 3.8) is 0 Å². The molecule has 0 spiro atoms. The maximum Gasteiger partial charge on any atom is 0.222 e. The number of hydrogen-bond donors (Lipinski definition) is 0. The Morgan fingerprint density at radius 3 is 2.26 bits per heavy atom. The van der Waals surface area contributed by atoms with Crippen LogP contribution in [0.4, 0.5) is 0 Å². The summed E-state index contributed by atoms with van der Waals surface area (Å²) in [5.41, 5.74) is 1.13. The van der Waals surface area contributed by atoms with Crippen LogP contribution in [0.1, 0.15) is 45.2 Å². The van der Waals surface area contributed by atoms with Gasteiger partial charge in [-0.05, 0) is 37.0 Å². The van der Waals surface area contributed by atoms with Crippen LogP contribution in [0.3, 0.4) is 0 Å². The zero-order chi connectivity index (χ0) is 14.4. The van der Waals surface area contributed by atoms with E-state index in [1.54, 1.807) is 7.11 Å². The van der Waals surface area contributed by atoms with Crippen LogP contribution in [-0.2, 0) is 4.79 Å². The summed E-state index contributed by atoms with van der Waals surface area (Å²) >= 11 is 0. The molecule has 1 atom stereocenters. The first-order valence-electron chi connectivity index (χ1n) is 6.85. The number of amides is 1. The van der Waals surface area contributed by atoms with Gasteiger partial charge in [-0.1, -0.05) is 26.0 Å². The lowest BCUT2D eigenvalue weighted by molar-refractivity contribution is -0.132. The smallest absolute Gasteiger partial charge is 0.222 e. The number of rotatable bonds is 6. The van der Waals surface area contributed by atoms with Crippen molar-refractivity contribution in [2.45, 2.75) is 39.7 Å². The van der Waals surface area contributed by atoms with Crippen molar-refractivity contribution in [1.29, 1.82) is 0 Å². The maximum absolute atomic E-state index is 12.1. The Balaban J connectivity index is 2.64. The van der Waals surface area contributed by atoms with Gasteiger partial charge in [0.15, 0.2) is 0 Å². The third-order valence-corrected chi connectivity index (χ3v) is 3.51. The van der Waals surface area contributed by atoms with E-state index in [4.69, 9.17) is 4.74 Å². The van der Waals surface area contributed by atoms with Crippen LogP contribution in [0, 0.1) is 5.92 Å². The second kappa shape index (κ2) is 7.17. The summed E-state index contributed by atoms with van der Waals surface area (Å²) in [4.78, 5) is 13.9. The molecular formula is C16H25NO2. The molecule has 0 radical (unpaired) electrons. The highest BCUT2D eigenvalue weighted by molar-refractivity contribution is 5.76. The highest BCUT2D eigenvalue weighted by Gasteiger charge is 2.17. The Hall–Kier alpha value is -1.51. The van der Waals surface area contributed by atoms with E-state index in [2.05, 4.69) is 20.8 Å². The third-order valence-electron chi connectivity index (χ3n) is 3.51. The van der Waals surface area contributed by atoms with Crippen LogP contribution in [0.25, 0.3) is 0 Å².